The third-order valence-corrected chi connectivity index (χ3v) is 1.66. The van der Waals surface area contributed by atoms with Crippen molar-refractivity contribution >= 4 is 28.1 Å². The number of aromatic nitrogens is 2. The molecule has 5 nitrogen and oxygen atoms in total. The van der Waals surface area contributed by atoms with E-state index in [0.717, 1.165) is 0 Å². The minimum absolute atomic E-state index is 0.410. The summed E-state index contributed by atoms with van der Waals surface area (Å²) in [5, 5.41) is 0.666. The molecule has 0 unspecified atom stereocenters. The van der Waals surface area contributed by atoms with Gasteiger partial charge in [0.2, 0.25) is 5.82 Å². The predicted octanol–water partition coefficient (Wildman–Crippen LogP) is -1.81. The molecule has 0 amide bonds. The lowest BCUT2D eigenvalue weighted by atomic mass is 10.6. The van der Waals surface area contributed by atoms with Crippen molar-refractivity contribution in [1.82, 2.24) is 15.0 Å². The van der Waals surface area contributed by atoms with E-state index in [1.54, 1.807) is 0 Å². The highest BCUT2D eigenvalue weighted by molar-refractivity contribution is 9.10. The van der Waals surface area contributed by atoms with Crippen LogP contribution in [0.2, 0.25) is 0 Å². The Bertz CT molecular complexity index is 428. The molecule has 2 heterocycles. The van der Waals surface area contributed by atoms with E-state index in [-0.39, 0.29) is 0 Å². The number of aromatic amines is 1. The van der Waals surface area contributed by atoms with Crippen LogP contribution in [-0.2, 0) is 0 Å². The van der Waals surface area contributed by atoms with E-state index in [1.165, 1.54) is 6.34 Å². The normalized spacial score (nSPS) is 14.5. The van der Waals surface area contributed by atoms with Gasteiger partial charge >= 0.3 is 5.49 Å². The van der Waals surface area contributed by atoms with Crippen LogP contribution in [0, 0.1) is 0 Å². The first-order chi connectivity index (χ1) is 5.27. The Balaban J connectivity index is 2.95. The van der Waals surface area contributed by atoms with Gasteiger partial charge in [0.15, 0.2) is 5.35 Å². The standard InChI is InChI=1S/C5H4BrN5/c6-5-10-2-3(7)8-1-9-4(2)11-5/h1H,(H2,7,8)(H,10,11)/q+1. The molecule has 0 spiro atoms. The molecular weight excluding hydrogens is 210 g/mol. The van der Waals surface area contributed by atoms with Crippen molar-refractivity contribution in [3.8, 4) is 0 Å². The molecule has 1 aliphatic heterocycles. The molecule has 1 aromatic rings. The van der Waals surface area contributed by atoms with Crippen LogP contribution in [0.5, 0.6) is 0 Å². The number of nitrogens with one attached hydrogen (secondary N) is 1. The number of H-pyrrole nitrogens is 1. The summed E-state index contributed by atoms with van der Waals surface area (Å²) in [5.74, 6) is 0.410. The topological polar surface area (TPSA) is 81.2 Å². The highest BCUT2D eigenvalue weighted by Gasteiger charge is 2.10. The van der Waals surface area contributed by atoms with Crippen molar-refractivity contribution in [1.29, 1.82) is 0 Å². The van der Waals surface area contributed by atoms with Crippen LogP contribution in [-0.4, -0.2) is 16.3 Å². The highest BCUT2D eigenvalue weighted by atomic mass is 79.9. The van der Waals surface area contributed by atoms with Crippen LogP contribution >= 0.6 is 15.9 Å². The molecule has 2 rings (SSSR count). The molecule has 1 aliphatic rings. The molecule has 0 fully saturated rings. The predicted molar refractivity (Wildman–Crippen MR) is 42.9 cm³/mol. The fourth-order valence-electron chi connectivity index (χ4n) is 0.818. The van der Waals surface area contributed by atoms with Gasteiger partial charge in [0.1, 0.15) is 0 Å². The molecule has 1 aromatic heterocycles. The maximum absolute atomic E-state index is 5.53. The lowest BCUT2D eigenvalue weighted by Crippen LogP contribution is -2.36. The smallest absolute Gasteiger partial charge is 0.328 e. The Morgan fingerprint density at radius 3 is 3.18 bits per heavy atom. The third kappa shape index (κ3) is 0.949. The fourth-order valence-corrected chi connectivity index (χ4v) is 1.18. The van der Waals surface area contributed by atoms with Crippen LogP contribution < -0.4 is 21.6 Å². The summed E-state index contributed by atoms with van der Waals surface area (Å²) >= 11 is 3.17. The van der Waals surface area contributed by atoms with E-state index in [0.29, 0.717) is 21.4 Å². The minimum Gasteiger partial charge on any atom is -0.368 e. The monoisotopic (exact) mass is 213 g/mol. The quantitative estimate of drug-likeness (QED) is 0.533. The lowest BCUT2D eigenvalue weighted by molar-refractivity contribution is 1.10. The van der Waals surface area contributed by atoms with Crippen LogP contribution in [0.1, 0.15) is 0 Å². The molecule has 1 radical (unpaired) electrons. The Hall–Kier alpha value is -1.17. The number of halogens is 1. The van der Waals surface area contributed by atoms with E-state index >= 15 is 0 Å². The summed E-state index contributed by atoms with van der Waals surface area (Å²) in [6, 6.07) is 0. The number of hydrogen-bond donors (Lipinski definition) is 2. The van der Waals surface area contributed by atoms with E-state index in [1.807, 2.05) is 0 Å². The Kier molecular flexibility index (Phi) is 1.28. The van der Waals surface area contributed by atoms with Crippen molar-refractivity contribution in [2.75, 3.05) is 0 Å². The van der Waals surface area contributed by atoms with Gasteiger partial charge in [-0.05, 0) is 0 Å². The number of fused-ring (bicyclic) bond motifs is 1. The van der Waals surface area contributed by atoms with Gasteiger partial charge in [0.25, 0.3) is 11.1 Å². The Morgan fingerprint density at radius 1 is 1.64 bits per heavy atom. The van der Waals surface area contributed by atoms with Gasteiger partial charge in [-0.1, -0.05) is 15.0 Å². The fraction of sp³-hybridized carbons (Fsp3) is 0. The minimum atomic E-state index is 0.410. The van der Waals surface area contributed by atoms with Crippen molar-refractivity contribution < 1.29 is 0 Å². The van der Waals surface area contributed by atoms with Crippen molar-refractivity contribution in [2.45, 2.75) is 0 Å². The molecule has 0 atom stereocenters. The first kappa shape index (κ1) is 6.53. The maximum Gasteiger partial charge on any atom is 0.328 e. The molecule has 0 aliphatic carbocycles. The molecule has 55 valence electrons. The zero-order valence-corrected chi connectivity index (χ0v) is 6.96. The second-order valence-corrected chi connectivity index (χ2v) is 2.74. The number of aliphatic imine (C=N–C) groups is 1. The van der Waals surface area contributed by atoms with Crippen LogP contribution in [0.15, 0.2) is 9.73 Å². The highest BCUT2D eigenvalue weighted by Crippen LogP contribution is 1.92. The zero-order chi connectivity index (χ0) is 7.84. The van der Waals surface area contributed by atoms with Gasteiger partial charge in [0, 0.05) is 15.9 Å². The molecule has 6 heteroatoms. The van der Waals surface area contributed by atoms with Gasteiger partial charge < -0.3 is 10.7 Å². The van der Waals surface area contributed by atoms with E-state index in [9.17, 15) is 0 Å². The van der Waals surface area contributed by atoms with Crippen molar-refractivity contribution in [3.63, 3.8) is 0 Å². The summed E-state index contributed by atoms with van der Waals surface area (Å²) in [5.41, 5.74) is 6.10. The van der Waals surface area contributed by atoms with Gasteiger partial charge in [-0.15, -0.1) is 0 Å². The molecular formula is C5H4BrN5+. The average molecular weight is 214 g/mol. The number of rotatable bonds is 0. The Morgan fingerprint density at radius 2 is 2.45 bits per heavy atom. The molecule has 0 saturated heterocycles. The summed E-state index contributed by atoms with van der Waals surface area (Å²) in [4.78, 5) is 14.6. The van der Waals surface area contributed by atoms with Gasteiger partial charge in [-0.3, -0.25) is 0 Å². The number of nitrogens with zero attached hydrogens (tertiary/aromatic N) is 3. The maximum atomic E-state index is 5.53. The second kappa shape index (κ2) is 2.16. The van der Waals surface area contributed by atoms with Gasteiger partial charge in [0.05, 0.1) is 0 Å². The second-order valence-electron chi connectivity index (χ2n) is 1.99. The number of nitrogens with two attached hydrogens (primary N) is 1. The molecule has 0 aromatic carbocycles. The molecule has 0 saturated carbocycles. The van der Waals surface area contributed by atoms with Gasteiger partial charge in [-0.25, -0.2) is 0 Å². The zero-order valence-electron chi connectivity index (χ0n) is 5.37. The number of hydrogen-bond acceptors (Lipinski definition) is 4. The van der Waals surface area contributed by atoms with Crippen molar-refractivity contribution in [3.05, 3.63) is 15.6 Å². The largest absolute Gasteiger partial charge is 0.368 e. The van der Waals surface area contributed by atoms with E-state index < -0.39 is 0 Å². The first-order valence-corrected chi connectivity index (χ1v) is 3.68. The summed E-state index contributed by atoms with van der Waals surface area (Å²) < 4.78 is 0.611. The van der Waals surface area contributed by atoms with E-state index in [4.69, 9.17) is 5.73 Å². The first-order valence-electron chi connectivity index (χ1n) is 2.89. The molecule has 3 N–H and O–H groups in total. The van der Waals surface area contributed by atoms with Crippen molar-refractivity contribution in [2.24, 2.45) is 10.7 Å². The molecule has 0 bridgehead atoms. The summed E-state index contributed by atoms with van der Waals surface area (Å²) in [7, 11) is 0. The Labute approximate surface area is 69.9 Å². The van der Waals surface area contributed by atoms with E-state index in [2.05, 4.69) is 35.9 Å². The summed E-state index contributed by atoms with van der Waals surface area (Å²) in [6.45, 7) is 0. The van der Waals surface area contributed by atoms with Crippen LogP contribution in [0.4, 0.5) is 0 Å². The van der Waals surface area contributed by atoms with Crippen LogP contribution in [0.25, 0.3) is 5.82 Å². The summed E-state index contributed by atoms with van der Waals surface area (Å²) in [6.07, 6.45) is 1.38. The lowest BCUT2D eigenvalue weighted by Gasteiger charge is -1.81. The van der Waals surface area contributed by atoms with Gasteiger partial charge in [-0.2, -0.15) is 0 Å². The average Bonchev–Trinajstić information content (AvgIpc) is 2.31. The SMILES string of the molecule is NC1=c2[nH]c(Br)nc2=[N+]C=N1. The molecule has 11 heavy (non-hydrogen) atoms. The number of imidazole rings is 1. The third-order valence-electron chi connectivity index (χ3n) is 1.29. The van der Waals surface area contributed by atoms with Crippen LogP contribution in [0.3, 0.4) is 0 Å².